The number of guanidine groups is 1. The minimum Gasteiger partial charge on any atom is -0.343 e. The van der Waals surface area contributed by atoms with E-state index in [2.05, 4.69) is 29.5 Å². The third-order valence-electron chi connectivity index (χ3n) is 4.74. The molecule has 2 aliphatic rings. The first-order valence-electron chi connectivity index (χ1n) is 8.42. The van der Waals surface area contributed by atoms with Crippen LogP contribution in [0.4, 0.5) is 0 Å². The van der Waals surface area contributed by atoms with E-state index in [1.54, 1.807) is 6.20 Å². The number of rotatable bonds is 4. The van der Waals surface area contributed by atoms with Crippen LogP contribution in [-0.4, -0.2) is 36.5 Å². The van der Waals surface area contributed by atoms with Crippen molar-refractivity contribution < 1.29 is 9.28 Å². The van der Waals surface area contributed by atoms with Crippen LogP contribution in [0.2, 0.25) is 0 Å². The van der Waals surface area contributed by atoms with Crippen LogP contribution in [0, 0.1) is 0 Å². The molecule has 1 atom stereocenters. The molecule has 0 spiro atoms. The summed E-state index contributed by atoms with van der Waals surface area (Å²) in [4.78, 5) is 20.3. The molecule has 26 heavy (non-hydrogen) atoms. The summed E-state index contributed by atoms with van der Waals surface area (Å²) >= 11 is 0. The molecule has 1 unspecified atom stereocenters. The summed E-state index contributed by atoms with van der Waals surface area (Å²) in [7, 11) is 3.98. The van der Waals surface area contributed by atoms with E-state index >= 15 is 0 Å². The fourth-order valence-electron chi connectivity index (χ4n) is 3.39. The number of allylic oxidation sites excluding steroid dienone is 1. The number of quaternary nitrogens is 1. The molecule has 1 N–H and O–H groups in total. The van der Waals surface area contributed by atoms with Crippen LogP contribution >= 0.6 is 0 Å². The van der Waals surface area contributed by atoms with Gasteiger partial charge in [-0.15, -0.1) is 0 Å². The number of hydrogen-bond donors (Lipinski definition) is 1. The van der Waals surface area contributed by atoms with Crippen LogP contribution in [0.5, 0.6) is 0 Å². The van der Waals surface area contributed by atoms with Crippen molar-refractivity contribution in [2.75, 3.05) is 14.1 Å². The first-order valence-corrected chi connectivity index (χ1v) is 8.42. The smallest absolute Gasteiger partial charge is 0.340 e. The van der Waals surface area contributed by atoms with Gasteiger partial charge in [-0.25, -0.2) is 0 Å². The lowest BCUT2D eigenvalue weighted by Gasteiger charge is -2.33. The summed E-state index contributed by atoms with van der Waals surface area (Å²) < 4.78 is 0.399. The van der Waals surface area contributed by atoms with Gasteiger partial charge in [0.05, 0.1) is 24.5 Å². The van der Waals surface area contributed by atoms with Crippen molar-refractivity contribution in [3.05, 3.63) is 89.5 Å². The number of nitrogens with one attached hydrogen (secondary N) is 1. The third-order valence-corrected chi connectivity index (χ3v) is 4.74. The Hall–Kier alpha value is -3.31. The highest BCUT2D eigenvalue weighted by Crippen LogP contribution is 2.35. The number of fused-ring (bicyclic) bond motifs is 1. The van der Waals surface area contributed by atoms with Crippen LogP contribution in [0.25, 0.3) is 5.57 Å². The van der Waals surface area contributed by atoms with Gasteiger partial charge in [0.25, 0.3) is 0 Å². The van der Waals surface area contributed by atoms with E-state index in [-0.39, 0.29) is 0 Å². The number of carbonyl (C=O) groups excluding carboxylic acids is 1. The van der Waals surface area contributed by atoms with E-state index in [1.165, 1.54) is 0 Å². The number of hydrogen-bond acceptors (Lipinski definition) is 4. The lowest BCUT2D eigenvalue weighted by Crippen LogP contribution is -2.49. The van der Waals surface area contributed by atoms with Gasteiger partial charge in [-0.05, 0) is 5.56 Å². The summed E-state index contributed by atoms with van der Waals surface area (Å²) in [5.41, 5.74) is 4.54. The fraction of sp³-hybridized carbons (Fsp3) is 0.0952. The molecule has 2 aliphatic heterocycles. The normalized spacial score (nSPS) is 21.2. The lowest BCUT2D eigenvalue weighted by atomic mass is 9.93. The summed E-state index contributed by atoms with van der Waals surface area (Å²) in [6.45, 7) is 0. The Kier molecular flexibility index (Phi) is 3.86. The van der Waals surface area contributed by atoms with Crippen molar-refractivity contribution in [2.45, 2.75) is 0 Å². The molecule has 2 aromatic carbocycles. The maximum Gasteiger partial charge on any atom is 0.340 e. The van der Waals surface area contributed by atoms with Gasteiger partial charge in [0.1, 0.15) is 12.5 Å². The van der Waals surface area contributed by atoms with Crippen molar-refractivity contribution in [3.63, 3.8) is 0 Å². The number of aliphatic imine (C=N–C) groups is 2. The summed E-state index contributed by atoms with van der Waals surface area (Å²) in [6.07, 6.45) is 4.65. The van der Waals surface area contributed by atoms with Gasteiger partial charge in [0.15, 0.2) is 0 Å². The Morgan fingerprint density at radius 1 is 1.00 bits per heavy atom. The van der Waals surface area contributed by atoms with Crippen molar-refractivity contribution >= 4 is 23.5 Å². The minimum absolute atomic E-state index is 0.399. The molecule has 0 saturated carbocycles. The Labute approximate surface area is 152 Å². The molecule has 0 aliphatic carbocycles. The molecule has 5 heteroatoms. The molecule has 4 rings (SSSR count). The molecular weight excluding hydrogens is 324 g/mol. The summed E-state index contributed by atoms with van der Waals surface area (Å²) in [5.74, 6) is 1.72. The van der Waals surface area contributed by atoms with Crippen molar-refractivity contribution in [1.82, 2.24) is 5.32 Å². The summed E-state index contributed by atoms with van der Waals surface area (Å²) in [6, 6.07) is 17.7. The van der Waals surface area contributed by atoms with E-state index in [4.69, 9.17) is 4.99 Å². The standard InChI is InChI=1S/C21H19N4O/c1-22-20-18(16-6-4-3-5-7-16)19(17-10-8-15(14-26)9-11-17)24-21-23-12-13-25(20,21)2/h3-14,22H,1-2H3/q+1. The highest BCUT2D eigenvalue weighted by molar-refractivity contribution is 6.35. The number of nitrogens with zero attached hydrogens (tertiary/aromatic N) is 3. The van der Waals surface area contributed by atoms with Gasteiger partial charge in [-0.1, -0.05) is 54.6 Å². The molecule has 0 bridgehead atoms. The maximum absolute atomic E-state index is 11.0. The molecular formula is C21H19N4O+. The average Bonchev–Trinajstić information content (AvgIpc) is 3.08. The monoisotopic (exact) mass is 343 g/mol. The van der Waals surface area contributed by atoms with Gasteiger partial charge in [-0.2, -0.15) is 14.5 Å². The molecule has 0 saturated heterocycles. The van der Waals surface area contributed by atoms with Crippen LogP contribution < -0.4 is 5.32 Å². The molecule has 0 radical (unpaired) electrons. The Morgan fingerprint density at radius 2 is 1.73 bits per heavy atom. The van der Waals surface area contributed by atoms with E-state index < -0.39 is 0 Å². The second-order valence-corrected chi connectivity index (χ2v) is 6.34. The van der Waals surface area contributed by atoms with Crippen LogP contribution in [-0.2, 0) is 0 Å². The Balaban J connectivity index is 1.97. The molecule has 0 amide bonds. The molecule has 0 aromatic heterocycles. The van der Waals surface area contributed by atoms with Crippen LogP contribution in [0.3, 0.4) is 0 Å². The SMILES string of the molecule is CNC1=C(c2ccccc2)C(c2ccc(C=O)cc2)=NC2=NC=C[N+]21C. The molecule has 2 aromatic rings. The van der Waals surface area contributed by atoms with Gasteiger partial charge < -0.3 is 5.32 Å². The highest BCUT2D eigenvalue weighted by atomic mass is 16.1. The van der Waals surface area contributed by atoms with Crippen molar-refractivity contribution in [3.8, 4) is 0 Å². The topological polar surface area (TPSA) is 53.8 Å². The molecule has 2 heterocycles. The highest BCUT2D eigenvalue weighted by Gasteiger charge is 2.43. The predicted octanol–water partition coefficient (Wildman–Crippen LogP) is 3.18. The van der Waals surface area contributed by atoms with Gasteiger partial charge in [0, 0.05) is 18.2 Å². The molecule has 0 fully saturated rings. The van der Waals surface area contributed by atoms with Gasteiger partial charge in [-0.3, -0.25) is 4.79 Å². The first kappa shape index (κ1) is 16.2. The number of carbonyl (C=O) groups is 1. The van der Waals surface area contributed by atoms with Crippen LogP contribution in [0.15, 0.2) is 82.8 Å². The maximum atomic E-state index is 11.0. The second-order valence-electron chi connectivity index (χ2n) is 6.34. The largest absolute Gasteiger partial charge is 0.343 e. The van der Waals surface area contributed by atoms with Crippen molar-refractivity contribution in [1.29, 1.82) is 0 Å². The van der Waals surface area contributed by atoms with E-state index in [9.17, 15) is 4.79 Å². The third kappa shape index (κ3) is 2.41. The van der Waals surface area contributed by atoms with Gasteiger partial charge in [0.2, 0.25) is 5.82 Å². The first-order chi connectivity index (χ1) is 12.7. The zero-order chi connectivity index (χ0) is 18.1. The zero-order valence-electron chi connectivity index (χ0n) is 14.7. The Morgan fingerprint density at radius 3 is 2.38 bits per heavy atom. The number of aldehydes is 1. The van der Waals surface area contributed by atoms with Crippen molar-refractivity contribution in [2.24, 2.45) is 9.98 Å². The lowest BCUT2D eigenvalue weighted by molar-refractivity contribution is -0.725. The number of benzene rings is 2. The Bertz CT molecular complexity index is 984. The van der Waals surface area contributed by atoms with Crippen LogP contribution in [0.1, 0.15) is 21.5 Å². The molecule has 128 valence electrons. The van der Waals surface area contributed by atoms with E-state index in [0.29, 0.717) is 16.0 Å². The van der Waals surface area contributed by atoms with E-state index in [1.807, 2.05) is 55.7 Å². The minimum atomic E-state index is 0.399. The van der Waals surface area contributed by atoms with Gasteiger partial charge >= 0.3 is 5.96 Å². The zero-order valence-corrected chi connectivity index (χ0v) is 14.7. The fourth-order valence-corrected chi connectivity index (χ4v) is 3.39. The second kappa shape index (κ2) is 6.20. The van der Waals surface area contributed by atoms with E-state index in [0.717, 1.165) is 34.5 Å². The summed E-state index contributed by atoms with van der Waals surface area (Å²) in [5, 5.41) is 3.37. The predicted molar refractivity (Wildman–Crippen MR) is 104 cm³/mol. The molecule has 5 nitrogen and oxygen atoms in total. The average molecular weight is 343 g/mol. The quantitative estimate of drug-likeness (QED) is 0.685.